The molecule has 4 saturated carbocycles. The van der Waals surface area contributed by atoms with E-state index in [1.54, 1.807) is 0 Å². The Labute approximate surface area is 237 Å². The van der Waals surface area contributed by atoms with Crippen molar-refractivity contribution in [3.05, 3.63) is 0 Å². The number of aliphatic hydroxyl groups is 4. The number of ether oxygens (including phenoxy) is 2. The molecule has 0 aromatic rings. The van der Waals surface area contributed by atoms with Gasteiger partial charge in [-0.1, -0.05) is 53.9 Å². The van der Waals surface area contributed by atoms with Gasteiger partial charge in [0.2, 0.25) is 0 Å². The van der Waals surface area contributed by atoms with Crippen LogP contribution in [0.1, 0.15) is 112 Å². The van der Waals surface area contributed by atoms with Crippen molar-refractivity contribution < 1.29 is 29.9 Å². The van der Waals surface area contributed by atoms with Crippen molar-refractivity contribution in [1.82, 2.24) is 0 Å². The zero-order valence-corrected chi connectivity index (χ0v) is 25.3. The van der Waals surface area contributed by atoms with E-state index in [0.717, 1.165) is 54.8 Å². The molecule has 0 amide bonds. The second-order valence-electron chi connectivity index (χ2n) is 15.4. The summed E-state index contributed by atoms with van der Waals surface area (Å²) in [6.45, 7) is 12.1. The highest BCUT2D eigenvalue weighted by molar-refractivity contribution is 5.10. The summed E-state index contributed by atoms with van der Waals surface area (Å²) in [6.07, 6.45) is 9.41. The molecule has 5 aliphatic rings. The van der Waals surface area contributed by atoms with Gasteiger partial charge in [0.25, 0.3) is 0 Å². The lowest BCUT2D eigenvalue weighted by atomic mass is 9.44. The van der Waals surface area contributed by atoms with Crippen molar-refractivity contribution in [2.24, 2.45) is 52.3 Å². The van der Waals surface area contributed by atoms with E-state index in [2.05, 4.69) is 34.6 Å². The van der Waals surface area contributed by atoms with Gasteiger partial charge in [-0.25, -0.2) is 0 Å². The van der Waals surface area contributed by atoms with Gasteiger partial charge in [0, 0.05) is 0 Å². The molecule has 0 aromatic carbocycles. The molecule has 14 atom stereocenters. The standard InChI is InChI=1S/C33H58O6/c1-19(2)7-6-8-20(3)24-11-12-25-23-10-9-21-17-22(13-15-32(21,4)26(23)14-16-33(24,25)5)38-31-30(37)29(36)28(35)27(18-34)39-31/h19-31,34-37H,6-18H2,1-5H3/t20?,21?,22-,23?,24+,25?,26?,27?,28+,29?,30?,31-,32-,33+/m0/s1. The van der Waals surface area contributed by atoms with Crippen LogP contribution in [0.4, 0.5) is 0 Å². The average molecular weight is 551 g/mol. The second kappa shape index (κ2) is 11.8. The largest absolute Gasteiger partial charge is 0.394 e. The molecule has 39 heavy (non-hydrogen) atoms. The molecular weight excluding hydrogens is 492 g/mol. The molecule has 0 bridgehead atoms. The highest BCUT2D eigenvalue weighted by Gasteiger charge is 2.61. The predicted octanol–water partition coefficient (Wildman–Crippen LogP) is 5.29. The third-order valence-corrected chi connectivity index (χ3v) is 13.0. The Morgan fingerprint density at radius 1 is 0.821 bits per heavy atom. The van der Waals surface area contributed by atoms with Gasteiger partial charge < -0.3 is 29.9 Å². The molecule has 5 rings (SSSR count). The van der Waals surface area contributed by atoms with Gasteiger partial charge in [-0.3, -0.25) is 0 Å². The zero-order chi connectivity index (χ0) is 28.1. The minimum Gasteiger partial charge on any atom is -0.394 e. The van der Waals surface area contributed by atoms with Crippen molar-refractivity contribution in [3.8, 4) is 0 Å². The van der Waals surface area contributed by atoms with E-state index in [4.69, 9.17) is 9.47 Å². The molecule has 1 heterocycles. The summed E-state index contributed by atoms with van der Waals surface area (Å²) in [6, 6.07) is 0. The van der Waals surface area contributed by atoms with Gasteiger partial charge in [-0.15, -0.1) is 0 Å². The van der Waals surface area contributed by atoms with Gasteiger partial charge in [-0.05, 0) is 110 Å². The summed E-state index contributed by atoms with van der Waals surface area (Å²) in [5.74, 6) is 5.71. The van der Waals surface area contributed by atoms with Gasteiger partial charge >= 0.3 is 0 Å². The quantitative estimate of drug-likeness (QED) is 0.307. The highest BCUT2D eigenvalue weighted by Crippen LogP contribution is 2.68. The molecule has 1 saturated heterocycles. The summed E-state index contributed by atoms with van der Waals surface area (Å²) in [4.78, 5) is 0. The Morgan fingerprint density at radius 3 is 2.26 bits per heavy atom. The molecule has 6 nitrogen and oxygen atoms in total. The lowest BCUT2D eigenvalue weighted by molar-refractivity contribution is -0.316. The topological polar surface area (TPSA) is 99.4 Å². The van der Waals surface area contributed by atoms with Crippen LogP contribution in [0.15, 0.2) is 0 Å². The SMILES string of the molecule is CC(C)CCCC(C)[C@H]1CCC2C3CCC4C[C@@H](O[C@H]5OC(CO)[C@@H](O)C(O)C5O)CC[C@]4(C)C3CC[C@@]21C. The highest BCUT2D eigenvalue weighted by atomic mass is 16.7. The Balaban J connectivity index is 1.21. The number of hydrogen-bond donors (Lipinski definition) is 4. The van der Waals surface area contributed by atoms with E-state index < -0.39 is 37.3 Å². The molecule has 226 valence electrons. The van der Waals surface area contributed by atoms with Gasteiger partial charge in [0.15, 0.2) is 6.29 Å². The van der Waals surface area contributed by atoms with Crippen LogP contribution in [0, 0.1) is 52.3 Å². The molecule has 1 aliphatic heterocycles. The maximum Gasteiger partial charge on any atom is 0.186 e. The number of fused-ring (bicyclic) bond motifs is 5. The predicted molar refractivity (Wildman–Crippen MR) is 152 cm³/mol. The Hall–Kier alpha value is -0.240. The lowest BCUT2D eigenvalue weighted by Gasteiger charge is -2.61. The van der Waals surface area contributed by atoms with Crippen LogP contribution in [0.5, 0.6) is 0 Å². The van der Waals surface area contributed by atoms with Gasteiger partial charge in [-0.2, -0.15) is 0 Å². The Bertz CT molecular complexity index is 818. The second-order valence-corrected chi connectivity index (χ2v) is 15.4. The molecule has 4 aliphatic carbocycles. The third kappa shape index (κ3) is 5.49. The molecular formula is C33H58O6. The summed E-state index contributed by atoms with van der Waals surface area (Å²) in [7, 11) is 0. The first-order valence-corrected chi connectivity index (χ1v) is 16.5. The monoisotopic (exact) mass is 550 g/mol. The van der Waals surface area contributed by atoms with Crippen LogP contribution in [0.3, 0.4) is 0 Å². The van der Waals surface area contributed by atoms with Crippen LogP contribution in [0.25, 0.3) is 0 Å². The lowest BCUT2D eigenvalue weighted by Crippen LogP contribution is -2.60. The van der Waals surface area contributed by atoms with Crippen LogP contribution in [-0.4, -0.2) is 63.8 Å². The molecule has 0 aromatic heterocycles. The molecule has 6 heteroatoms. The van der Waals surface area contributed by atoms with Crippen LogP contribution in [-0.2, 0) is 9.47 Å². The summed E-state index contributed by atoms with van der Waals surface area (Å²) < 4.78 is 11.9. The number of hydrogen-bond acceptors (Lipinski definition) is 6. The fraction of sp³-hybridized carbons (Fsp3) is 1.00. The van der Waals surface area contributed by atoms with E-state index >= 15 is 0 Å². The smallest absolute Gasteiger partial charge is 0.186 e. The van der Waals surface area contributed by atoms with Gasteiger partial charge in [0.05, 0.1) is 12.7 Å². The van der Waals surface area contributed by atoms with E-state index in [-0.39, 0.29) is 6.10 Å². The number of rotatable bonds is 8. The first-order chi connectivity index (χ1) is 18.5. The van der Waals surface area contributed by atoms with Crippen LogP contribution in [0.2, 0.25) is 0 Å². The fourth-order valence-electron chi connectivity index (χ4n) is 10.7. The molecule has 0 radical (unpaired) electrons. The Morgan fingerprint density at radius 2 is 1.54 bits per heavy atom. The summed E-state index contributed by atoms with van der Waals surface area (Å²) in [5.41, 5.74) is 0.867. The molecule has 8 unspecified atom stereocenters. The van der Waals surface area contributed by atoms with E-state index in [9.17, 15) is 20.4 Å². The zero-order valence-electron chi connectivity index (χ0n) is 25.3. The minimum absolute atomic E-state index is 0.0301. The maximum atomic E-state index is 10.5. The van der Waals surface area contributed by atoms with Crippen molar-refractivity contribution in [3.63, 3.8) is 0 Å². The third-order valence-electron chi connectivity index (χ3n) is 13.0. The van der Waals surface area contributed by atoms with Crippen molar-refractivity contribution in [2.45, 2.75) is 148 Å². The van der Waals surface area contributed by atoms with Crippen molar-refractivity contribution >= 4 is 0 Å². The normalized spacial score (nSPS) is 50.8. The minimum atomic E-state index is -1.38. The first-order valence-electron chi connectivity index (χ1n) is 16.5. The van der Waals surface area contributed by atoms with Crippen molar-refractivity contribution in [2.75, 3.05) is 6.61 Å². The Kier molecular flexibility index (Phi) is 9.14. The average Bonchev–Trinajstić information content (AvgIpc) is 3.26. The summed E-state index contributed by atoms with van der Waals surface area (Å²) in [5, 5.41) is 40.3. The fourth-order valence-corrected chi connectivity index (χ4v) is 10.7. The number of aliphatic hydroxyl groups excluding tert-OH is 4. The van der Waals surface area contributed by atoms with E-state index in [1.807, 2.05) is 0 Å². The molecule has 0 spiro atoms. The van der Waals surface area contributed by atoms with Crippen LogP contribution >= 0.6 is 0 Å². The molecule has 4 N–H and O–H groups in total. The van der Waals surface area contributed by atoms with E-state index in [0.29, 0.717) is 16.7 Å². The summed E-state index contributed by atoms with van der Waals surface area (Å²) >= 11 is 0. The van der Waals surface area contributed by atoms with Crippen LogP contribution < -0.4 is 0 Å². The van der Waals surface area contributed by atoms with Crippen molar-refractivity contribution in [1.29, 1.82) is 0 Å². The van der Waals surface area contributed by atoms with E-state index in [1.165, 1.54) is 57.8 Å². The molecule has 5 fully saturated rings. The van der Waals surface area contributed by atoms with Gasteiger partial charge in [0.1, 0.15) is 24.4 Å². The maximum absolute atomic E-state index is 10.5. The first kappa shape index (κ1) is 30.2.